The van der Waals surface area contributed by atoms with Crippen molar-refractivity contribution in [2.75, 3.05) is 12.8 Å². The van der Waals surface area contributed by atoms with Gasteiger partial charge >= 0.3 is 0 Å². The Kier molecular flexibility index (Phi) is 2.56. The lowest BCUT2D eigenvalue weighted by Crippen LogP contribution is -1.97. The van der Waals surface area contributed by atoms with E-state index in [1.807, 2.05) is 38.2 Å². The zero-order chi connectivity index (χ0) is 11.7. The zero-order valence-electron chi connectivity index (χ0n) is 9.69. The van der Waals surface area contributed by atoms with E-state index in [0.717, 1.165) is 22.6 Å². The quantitative estimate of drug-likeness (QED) is 0.836. The van der Waals surface area contributed by atoms with Gasteiger partial charge in [-0.25, -0.2) is 0 Å². The second-order valence-electron chi connectivity index (χ2n) is 3.68. The summed E-state index contributed by atoms with van der Waals surface area (Å²) in [7, 11) is 3.49. The summed E-state index contributed by atoms with van der Waals surface area (Å²) in [5, 5.41) is 4.40. The molecule has 1 heterocycles. The molecule has 0 saturated carbocycles. The number of nitrogens with two attached hydrogens (primary N) is 1. The fourth-order valence-corrected chi connectivity index (χ4v) is 1.74. The lowest BCUT2D eigenvalue weighted by molar-refractivity contribution is 0.416. The highest BCUT2D eigenvalue weighted by atomic mass is 16.5. The van der Waals surface area contributed by atoms with E-state index in [0.29, 0.717) is 5.82 Å². The molecule has 0 saturated heterocycles. The minimum atomic E-state index is 0.681. The van der Waals surface area contributed by atoms with Crippen LogP contribution in [-0.4, -0.2) is 16.9 Å². The molecule has 84 valence electrons. The van der Waals surface area contributed by atoms with Crippen molar-refractivity contribution in [1.82, 2.24) is 9.78 Å². The topological polar surface area (TPSA) is 53.1 Å². The Morgan fingerprint density at radius 3 is 2.56 bits per heavy atom. The van der Waals surface area contributed by atoms with Crippen LogP contribution in [-0.2, 0) is 7.05 Å². The third-order valence-corrected chi connectivity index (χ3v) is 2.70. The highest BCUT2D eigenvalue weighted by Gasteiger charge is 2.14. The average Bonchev–Trinajstić information content (AvgIpc) is 2.57. The van der Waals surface area contributed by atoms with Crippen LogP contribution in [0.2, 0.25) is 0 Å². The Morgan fingerprint density at radius 1 is 1.31 bits per heavy atom. The van der Waals surface area contributed by atoms with Gasteiger partial charge in [-0.05, 0) is 19.1 Å². The fraction of sp³-hybridized carbons (Fsp3) is 0.250. The number of anilines is 1. The fourth-order valence-electron chi connectivity index (χ4n) is 1.74. The van der Waals surface area contributed by atoms with Crippen molar-refractivity contribution in [2.24, 2.45) is 7.05 Å². The molecule has 0 atom stereocenters. The summed E-state index contributed by atoms with van der Waals surface area (Å²) in [6.45, 7) is 1.96. The van der Waals surface area contributed by atoms with Gasteiger partial charge in [0.15, 0.2) is 0 Å². The van der Waals surface area contributed by atoms with Gasteiger partial charge in [-0.2, -0.15) is 5.10 Å². The molecule has 0 spiro atoms. The van der Waals surface area contributed by atoms with Crippen LogP contribution in [0.25, 0.3) is 11.3 Å². The number of hydrogen-bond acceptors (Lipinski definition) is 3. The normalized spacial score (nSPS) is 10.4. The molecular formula is C12H15N3O. The molecule has 2 N–H and O–H groups in total. The van der Waals surface area contributed by atoms with Crippen LogP contribution in [0.4, 0.5) is 5.82 Å². The molecule has 0 fully saturated rings. The lowest BCUT2D eigenvalue weighted by Gasteiger charge is -2.05. The molecule has 1 aromatic heterocycles. The molecular weight excluding hydrogens is 202 g/mol. The molecule has 0 aliphatic heterocycles. The first-order chi connectivity index (χ1) is 7.65. The van der Waals surface area contributed by atoms with E-state index in [2.05, 4.69) is 5.10 Å². The number of hydrogen-bond donors (Lipinski definition) is 1. The summed E-state index contributed by atoms with van der Waals surface area (Å²) in [4.78, 5) is 0. The largest absolute Gasteiger partial charge is 0.496 e. The van der Waals surface area contributed by atoms with E-state index >= 15 is 0 Å². The highest BCUT2D eigenvalue weighted by molar-refractivity contribution is 5.73. The van der Waals surface area contributed by atoms with Gasteiger partial charge < -0.3 is 10.5 Å². The minimum Gasteiger partial charge on any atom is -0.496 e. The highest BCUT2D eigenvalue weighted by Crippen LogP contribution is 2.32. The third-order valence-electron chi connectivity index (χ3n) is 2.70. The first-order valence-electron chi connectivity index (χ1n) is 5.07. The van der Waals surface area contributed by atoms with Crippen molar-refractivity contribution >= 4 is 5.82 Å². The van der Waals surface area contributed by atoms with Crippen LogP contribution < -0.4 is 10.5 Å². The number of aromatic nitrogens is 2. The first kappa shape index (κ1) is 10.5. The van der Waals surface area contributed by atoms with Crippen LogP contribution in [0.3, 0.4) is 0 Å². The smallest absolute Gasteiger partial charge is 0.128 e. The second-order valence-corrected chi connectivity index (χ2v) is 3.68. The molecule has 0 amide bonds. The standard InChI is InChI=1S/C12H15N3O/c1-8-11(14-15(2)12(8)13)9-6-4-5-7-10(9)16-3/h4-7H,13H2,1-3H3. The zero-order valence-corrected chi connectivity index (χ0v) is 9.69. The van der Waals surface area contributed by atoms with Crippen LogP contribution in [0, 0.1) is 6.92 Å². The molecule has 0 bridgehead atoms. The number of benzene rings is 1. The monoisotopic (exact) mass is 217 g/mol. The van der Waals surface area contributed by atoms with Gasteiger partial charge in [0.2, 0.25) is 0 Å². The van der Waals surface area contributed by atoms with Gasteiger partial charge in [-0.1, -0.05) is 12.1 Å². The number of aryl methyl sites for hydroxylation is 1. The Bertz CT molecular complexity index is 517. The molecule has 0 aliphatic rings. The number of nitrogens with zero attached hydrogens (tertiary/aromatic N) is 2. The van der Waals surface area contributed by atoms with E-state index in [-0.39, 0.29) is 0 Å². The number of ether oxygens (including phenoxy) is 1. The molecule has 4 nitrogen and oxygen atoms in total. The number of nitrogen functional groups attached to an aromatic ring is 1. The molecule has 0 unspecified atom stereocenters. The summed E-state index contributed by atoms with van der Waals surface area (Å²) < 4.78 is 6.99. The molecule has 0 aliphatic carbocycles. The van der Waals surface area contributed by atoms with Gasteiger partial charge in [-0.3, -0.25) is 4.68 Å². The van der Waals surface area contributed by atoms with E-state index in [9.17, 15) is 0 Å². The van der Waals surface area contributed by atoms with E-state index in [1.54, 1.807) is 11.8 Å². The molecule has 0 radical (unpaired) electrons. The van der Waals surface area contributed by atoms with Gasteiger partial charge in [0, 0.05) is 18.2 Å². The maximum absolute atomic E-state index is 5.89. The third kappa shape index (κ3) is 1.52. The van der Waals surface area contributed by atoms with Crippen molar-refractivity contribution in [3.8, 4) is 17.0 Å². The number of rotatable bonds is 2. The van der Waals surface area contributed by atoms with Crippen molar-refractivity contribution in [3.05, 3.63) is 29.8 Å². The van der Waals surface area contributed by atoms with Crippen LogP contribution in [0.5, 0.6) is 5.75 Å². The maximum Gasteiger partial charge on any atom is 0.128 e. The Morgan fingerprint density at radius 2 is 2.00 bits per heavy atom. The van der Waals surface area contributed by atoms with Gasteiger partial charge in [0.25, 0.3) is 0 Å². The summed E-state index contributed by atoms with van der Waals surface area (Å²) in [6.07, 6.45) is 0. The van der Waals surface area contributed by atoms with Crippen LogP contribution in [0.15, 0.2) is 24.3 Å². The average molecular weight is 217 g/mol. The van der Waals surface area contributed by atoms with Crippen molar-refractivity contribution in [2.45, 2.75) is 6.92 Å². The summed E-state index contributed by atoms with van der Waals surface area (Å²) in [5.74, 6) is 1.49. The van der Waals surface area contributed by atoms with E-state index in [4.69, 9.17) is 10.5 Å². The summed E-state index contributed by atoms with van der Waals surface area (Å²) in [5.41, 5.74) is 8.71. The van der Waals surface area contributed by atoms with Crippen LogP contribution in [0.1, 0.15) is 5.56 Å². The lowest BCUT2D eigenvalue weighted by atomic mass is 10.1. The first-order valence-corrected chi connectivity index (χ1v) is 5.07. The Balaban J connectivity index is 2.63. The minimum absolute atomic E-state index is 0.681. The van der Waals surface area contributed by atoms with Gasteiger partial charge in [0.1, 0.15) is 17.3 Å². The van der Waals surface area contributed by atoms with Gasteiger partial charge in [0.05, 0.1) is 7.11 Å². The Hall–Kier alpha value is -1.97. The summed E-state index contributed by atoms with van der Waals surface area (Å²) >= 11 is 0. The van der Waals surface area contributed by atoms with Crippen molar-refractivity contribution in [1.29, 1.82) is 0 Å². The number of methoxy groups -OCH3 is 1. The van der Waals surface area contributed by atoms with Crippen molar-refractivity contribution < 1.29 is 4.74 Å². The molecule has 2 aromatic rings. The van der Waals surface area contributed by atoms with E-state index in [1.165, 1.54) is 0 Å². The molecule has 16 heavy (non-hydrogen) atoms. The van der Waals surface area contributed by atoms with Gasteiger partial charge in [-0.15, -0.1) is 0 Å². The SMILES string of the molecule is COc1ccccc1-c1nn(C)c(N)c1C. The number of para-hydroxylation sites is 1. The predicted octanol–water partition coefficient (Wildman–Crippen LogP) is 1.99. The summed E-state index contributed by atoms with van der Waals surface area (Å²) in [6, 6.07) is 7.79. The molecule has 4 heteroatoms. The second kappa shape index (κ2) is 3.89. The van der Waals surface area contributed by atoms with E-state index < -0.39 is 0 Å². The predicted molar refractivity (Wildman–Crippen MR) is 64.3 cm³/mol. The molecule has 1 aromatic carbocycles. The van der Waals surface area contributed by atoms with Crippen molar-refractivity contribution in [3.63, 3.8) is 0 Å². The van der Waals surface area contributed by atoms with Crippen LogP contribution >= 0.6 is 0 Å². The Labute approximate surface area is 94.6 Å². The maximum atomic E-state index is 5.89. The molecule has 2 rings (SSSR count).